The Bertz CT molecular complexity index is 405. The second-order valence-electron chi connectivity index (χ2n) is 4.57. The number of aliphatic carboxylic acids is 1. The van der Waals surface area contributed by atoms with E-state index in [1.807, 2.05) is 15.6 Å². The fraction of sp³-hybridized carbons (Fsp3) is 0.667. The summed E-state index contributed by atoms with van der Waals surface area (Å²) in [5, 5.41) is 16.6. The lowest BCUT2D eigenvalue weighted by atomic mass is 10.2. The second-order valence-corrected chi connectivity index (χ2v) is 4.57. The molecule has 18 heavy (non-hydrogen) atoms. The van der Waals surface area contributed by atoms with Gasteiger partial charge >= 0.3 is 5.97 Å². The highest BCUT2D eigenvalue weighted by Crippen LogP contribution is 2.11. The van der Waals surface area contributed by atoms with Crippen molar-refractivity contribution in [2.45, 2.75) is 32.5 Å². The Morgan fingerprint density at radius 3 is 3.22 bits per heavy atom. The lowest BCUT2D eigenvalue weighted by Gasteiger charge is -2.33. The predicted molar refractivity (Wildman–Crippen MR) is 67.2 cm³/mol. The Kier molecular flexibility index (Phi) is 4.33. The molecule has 6 heteroatoms. The van der Waals surface area contributed by atoms with E-state index in [1.54, 1.807) is 6.20 Å². The zero-order valence-corrected chi connectivity index (χ0v) is 10.7. The molecule has 0 amide bonds. The molecule has 1 aliphatic heterocycles. The molecule has 0 aliphatic carbocycles. The monoisotopic (exact) mass is 252 g/mol. The van der Waals surface area contributed by atoms with Crippen LogP contribution in [0.4, 0.5) is 0 Å². The van der Waals surface area contributed by atoms with Crippen molar-refractivity contribution < 1.29 is 9.90 Å². The molecule has 0 radical (unpaired) electrons. The predicted octanol–water partition coefficient (Wildman–Crippen LogP) is 0.152. The van der Waals surface area contributed by atoms with Crippen molar-refractivity contribution in [2.24, 2.45) is 0 Å². The molecule has 1 saturated heterocycles. The number of piperazine rings is 1. The van der Waals surface area contributed by atoms with Crippen molar-refractivity contribution in [3.63, 3.8) is 0 Å². The van der Waals surface area contributed by atoms with Crippen LogP contribution in [-0.2, 0) is 17.9 Å². The maximum Gasteiger partial charge on any atom is 0.322 e. The van der Waals surface area contributed by atoms with E-state index in [9.17, 15) is 9.90 Å². The number of carbonyl (C=O) groups is 1. The molecular formula is C12H20N4O2. The SMILES string of the molecule is CCCn1nccc1CN1CCNCC1C(=O)O. The Hall–Kier alpha value is -1.40. The van der Waals surface area contributed by atoms with Gasteiger partial charge in [0, 0.05) is 38.9 Å². The minimum Gasteiger partial charge on any atom is -0.480 e. The number of aromatic nitrogens is 2. The lowest BCUT2D eigenvalue weighted by Crippen LogP contribution is -2.54. The molecule has 1 fully saturated rings. The van der Waals surface area contributed by atoms with E-state index in [4.69, 9.17) is 0 Å². The summed E-state index contributed by atoms with van der Waals surface area (Å²) < 4.78 is 1.96. The average Bonchev–Trinajstić information content (AvgIpc) is 2.78. The van der Waals surface area contributed by atoms with Crippen LogP contribution < -0.4 is 5.32 Å². The van der Waals surface area contributed by atoms with E-state index in [0.717, 1.165) is 31.7 Å². The molecule has 100 valence electrons. The van der Waals surface area contributed by atoms with Crippen molar-refractivity contribution in [3.05, 3.63) is 18.0 Å². The molecule has 2 heterocycles. The highest BCUT2D eigenvalue weighted by Gasteiger charge is 2.28. The molecule has 6 nitrogen and oxygen atoms in total. The summed E-state index contributed by atoms with van der Waals surface area (Å²) in [7, 11) is 0. The largest absolute Gasteiger partial charge is 0.480 e. The van der Waals surface area contributed by atoms with Crippen molar-refractivity contribution >= 4 is 5.97 Å². The summed E-state index contributed by atoms with van der Waals surface area (Å²) in [4.78, 5) is 13.2. The van der Waals surface area contributed by atoms with Crippen LogP contribution in [-0.4, -0.2) is 51.4 Å². The van der Waals surface area contributed by atoms with E-state index < -0.39 is 12.0 Å². The summed E-state index contributed by atoms with van der Waals surface area (Å²) in [6.07, 6.45) is 2.81. The van der Waals surface area contributed by atoms with Gasteiger partial charge in [-0.2, -0.15) is 5.10 Å². The lowest BCUT2D eigenvalue weighted by molar-refractivity contribution is -0.144. The number of hydrogen-bond acceptors (Lipinski definition) is 4. The van der Waals surface area contributed by atoms with Crippen molar-refractivity contribution in [2.75, 3.05) is 19.6 Å². The van der Waals surface area contributed by atoms with Gasteiger partial charge in [-0.25, -0.2) is 0 Å². The zero-order chi connectivity index (χ0) is 13.0. The number of hydrogen-bond donors (Lipinski definition) is 2. The first kappa shape index (κ1) is 13.0. The molecule has 0 aromatic carbocycles. The van der Waals surface area contributed by atoms with Gasteiger partial charge in [0.15, 0.2) is 0 Å². The van der Waals surface area contributed by atoms with E-state index in [-0.39, 0.29) is 0 Å². The molecule has 0 saturated carbocycles. The third kappa shape index (κ3) is 2.88. The Labute approximate surface area is 107 Å². The van der Waals surface area contributed by atoms with E-state index >= 15 is 0 Å². The number of aryl methyl sites for hydroxylation is 1. The fourth-order valence-electron chi connectivity index (χ4n) is 2.29. The van der Waals surface area contributed by atoms with Crippen LogP contribution in [0.2, 0.25) is 0 Å². The quantitative estimate of drug-likeness (QED) is 0.780. The maximum absolute atomic E-state index is 11.2. The third-order valence-corrected chi connectivity index (χ3v) is 3.24. The summed E-state index contributed by atoms with van der Waals surface area (Å²) in [5.74, 6) is -0.760. The van der Waals surface area contributed by atoms with Crippen LogP contribution in [0.15, 0.2) is 12.3 Å². The van der Waals surface area contributed by atoms with Gasteiger partial charge in [-0.1, -0.05) is 6.92 Å². The van der Waals surface area contributed by atoms with E-state index in [2.05, 4.69) is 17.3 Å². The number of carboxylic acid groups (broad SMARTS) is 1. The third-order valence-electron chi connectivity index (χ3n) is 3.24. The molecule has 0 bridgehead atoms. The van der Waals surface area contributed by atoms with Crippen LogP contribution >= 0.6 is 0 Å². The highest BCUT2D eigenvalue weighted by atomic mass is 16.4. The standard InChI is InChI=1S/C12H20N4O2/c1-2-6-16-10(3-4-14-16)9-15-7-5-13-8-11(15)12(17)18/h3-4,11,13H,2,5-9H2,1H3,(H,17,18). The molecule has 1 aromatic heterocycles. The number of carboxylic acids is 1. The highest BCUT2D eigenvalue weighted by molar-refractivity contribution is 5.73. The Morgan fingerprint density at radius 1 is 1.67 bits per heavy atom. The van der Waals surface area contributed by atoms with Crippen LogP contribution in [0, 0.1) is 0 Å². The van der Waals surface area contributed by atoms with Crippen LogP contribution in [0.3, 0.4) is 0 Å². The Balaban J connectivity index is 2.06. The van der Waals surface area contributed by atoms with E-state index in [1.165, 1.54) is 0 Å². The molecule has 2 N–H and O–H groups in total. The number of nitrogens with zero attached hydrogens (tertiary/aromatic N) is 3. The first-order valence-corrected chi connectivity index (χ1v) is 6.40. The first-order chi connectivity index (χ1) is 8.72. The normalized spacial score (nSPS) is 21.1. The van der Waals surface area contributed by atoms with Gasteiger partial charge in [-0.3, -0.25) is 14.4 Å². The molecule has 1 unspecified atom stereocenters. The van der Waals surface area contributed by atoms with Crippen molar-refractivity contribution in [1.29, 1.82) is 0 Å². The molecule has 1 atom stereocenters. The van der Waals surface area contributed by atoms with Crippen LogP contribution in [0.5, 0.6) is 0 Å². The molecular weight excluding hydrogens is 232 g/mol. The summed E-state index contributed by atoms with van der Waals surface area (Å²) in [6, 6.07) is 1.53. The van der Waals surface area contributed by atoms with Crippen molar-refractivity contribution in [3.8, 4) is 0 Å². The molecule has 2 rings (SSSR count). The molecule has 1 aliphatic rings. The summed E-state index contributed by atoms with van der Waals surface area (Å²) in [5.41, 5.74) is 1.09. The zero-order valence-electron chi connectivity index (χ0n) is 10.7. The van der Waals surface area contributed by atoms with Gasteiger partial charge in [0.1, 0.15) is 6.04 Å². The van der Waals surface area contributed by atoms with Gasteiger partial charge in [0.25, 0.3) is 0 Å². The average molecular weight is 252 g/mol. The molecule has 1 aromatic rings. The van der Waals surface area contributed by atoms with Gasteiger partial charge in [0.2, 0.25) is 0 Å². The smallest absolute Gasteiger partial charge is 0.322 e. The van der Waals surface area contributed by atoms with Gasteiger partial charge in [-0.15, -0.1) is 0 Å². The first-order valence-electron chi connectivity index (χ1n) is 6.40. The maximum atomic E-state index is 11.2. The summed E-state index contributed by atoms with van der Waals surface area (Å²) >= 11 is 0. The van der Waals surface area contributed by atoms with Gasteiger partial charge in [0.05, 0.1) is 5.69 Å². The van der Waals surface area contributed by atoms with E-state index in [0.29, 0.717) is 13.1 Å². The fourth-order valence-corrected chi connectivity index (χ4v) is 2.29. The van der Waals surface area contributed by atoms with Gasteiger partial charge < -0.3 is 10.4 Å². The van der Waals surface area contributed by atoms with Crippen LogP contribution in [0.25, 0.3) is 0 Å². The topological polar surface area (TPSA) is 70.4 Å². The summed E-state index contributed by atoms with van der Waals surface area (Å²) in [6.45, 7) is 5.75. The Morgan fingerprint density at radius 2 is 2.50 bits per heavy atom. The second kappa shape index (κ2) is 5.97. The number of nitrogens with one attached hydrogen (secondary N) is 1. The molecule has 0 spiro atoms. The minimum atomic E-state index is -0.760. The van der Waals surface area contributed by atoms with Crippen molar-refractivity contribution in [1.82, 2.24) is 20.0 Å². The van der Waals surface area contributed by atoms with Gasteiger partial charge in [-0.05, 0) is 12.5 Å². The van der Waals surface area contributed by atoms with Crippen LogP contribution in [0.1, 0.15) is 19.0 Å². The minimum absolute atomic E-state index is 0.441. The number of rotatable bonds is 5.